The molecule has 1 aliphatic rings. The van der Waals surface area contributed by atoms with Crippen molar-refractivity contribution in [3.05, 3.63) is 70.5 Å². The highest BCUT2D eigenvalue weighted by atomic mass is 35.5. The molecule has 0 amide bonds. The van der Waals surface area contributed by atoms with Crippen LogP contribution in [0.15, 0.2) is 48.5 Å². The number of benzene rings is 2. The van der Waals surface area contributed by atoms with E-state index >= 15 is 0 Å². The fourth-order valence-electron chi connectivity index (χ4n) is 3.18. The molecule has 23 heavy (non-hydrogen) atoms. The fourth-order valence-corrected chi connectivity index (χ4v) is 3.37. The Balaban J connectivity index is 1.60. The molecule has 1 N–H and O–H groups in total. The summed E-state index contributed by atoms with van der Waals surface area (Å²) in [5.41, 5.74) is 0.925. The molecular weight excluding hydrogens is 313 g/mol. The van der Waals surface area contributed by atoms with Crippen molar-refractivity contribution >= 4 is 11.6 Å². The monoisotopic (exact) mass is 333 g/mol. The van der Waals surface area contributed by atoms with Crippen molar-refractivity contribution < 1.29 is 9.50 Å². The largest absolute Gasteiger partial charge is 0.389 e. The number of piperidine rings is 1. The Labute approximate surface area is 141 Å². The molecule has 3 rings (SSSR count). The molecule has 1 heterocycles. The number of aliphatic hydroxyl groups is 1. The van der Waals surface area contributed by atoms with Crippen molar-refractivity contribution in [3.63, 3.8) is 0 Å². The Morgan fingerprint density at radius 3 is 2.48 bits per heavy atom. The summed E-state index contributed by atoms with van der Waals surface area (Å²) in [4.78, 5) is 2.33. The minimum Gasteiger partial charge on any atom is -0.389 e. The van der Waals surface area contributed by atoms with E-state index in [4.69, 9.17) is 11.6 Å². The molecule has 0 aliphatic carbocycles. The first-order valence-corrected chi connectivity index (χ1v) is 8.34. The van der Waals surface area contributed by atoms with Gasteiger partial charge in [-0.2, -0.15) is 0 Å². The molecule has 4 heteroatoms. The Morgan fingerprint density at radius 1 is 1.09 bits per heavy atom. The van der Waals surface area contributed by atoms with Gasteiger partial charge in [0.2, 0.25) is 0 Å². The molecule has 0 atom stereocenters. The first kappa shape index (κ1) is 16.4. The van der Waals surface area contributed by atoms with Gasteiger partial charge in [0.05, 0.1) is 5.60 Å². The highest BCUT2D eigenvalue weighted by molar-refractivity contribution is 6.30. The van der Waals surface area contributed by atoms with Gasteiger partial charge >= 0.3 is 0 Å². The van der Waals surface area contributed by atoms with Crippen LogP contribution in [0.5, 0.6) is 0 Å². The number of hydrogen-bond donors (Lipinski definition) is 1. The van der Waals surface area contributed by atoms with Gasteiger partial charge in [0.1, 0.15) is 5.82 Å². The quantitative estimate of drug-likeness (QED) is 0.912. The van der Waals surface area contributed by atoms with Gasteiger partial charge in [0, 0.05) is 31.1 Å². The number of hydrogen-bond acceptors (Lipinski definition) is 2. The van der Waals surface area contributed by atoms with E-state index in [2.05, 4.69) is 17.0 Å². The maximum atomic E-state index is 13.9. The van der Waals surface area contributed by atoms with Gasteiger partial charge in [-0.05, 0) is 42.2 Å². The lowest BCUT2D eigenvalue weighted by atomic mass is 9.85. The first-order chi connectivity index (χ1) is 11.0. The lowest BCUT2D eigenvalue weighted by Gasteiger charge is -2.38. The van der Waals surface area contributed by atoms with Crippen molar-refractivity contribution in [1.29, 1.82) is 0 Å². The standard InChI is InChI=1S/C19H21ClFNO/c20-17-6-7-18(21)16(12-17)13-19(23)8-10-22(11-9-19)14-15-4-2-1-3-5-15/h1-7,12,23H,8-11,13-14H2. The second-order valence-electron chi connectivity index (χ2n) is 6.40. The van der Waals surface area contributed by atoms with E-state index in [1.54, 1.807) is 6.07 Å². The lowest BCUT2D eigenvalue weighted by molar-refractivity contribution is -0.0230. The van der Waals surface area contributed by atoms with Crippen LogP contribution in [-0.4, -0.2) is 28.7 Å². The van der Waals surface area contributed by atoms with Crippen molar-refractivity contribution in [2.75, 3.05) is 13.1 Å². The van der Waals surface area contributed by atoms with E-state index in [-0.39, 0.29) is 5.82 Å². The molecule has 122 valence electrons. The number of rotatable bonds is 4. The summed E-state index contributed by atoms with van der Waals surface area (Å²) in [6.45, 7) is 2.52. The Bertz CT molecular complexity index is 654. The Hall–Kier alpha value is -1.42. The second kappa shape index (κ2) is 7.00. The molecule has 0 unspecified atom stereocenters. The summed E-state index contributed by atoms with van der Waals surface area (Å²) in [6, 6.07) is 14.8. The highest BCUT2D eigenvalue weighted by Gasteiger charge is 2.33. The lowest BCUT2D eigenvalue weighted by Crippen LogP contribution is -2.45. The maximum absolute atomic E-state index is 13.9. The van der Waals surface area contributed by atoms with Gasteiger partial charge < -0.3 is 5.11 Å². The van der Waals surface area contributed by atoms with E-state index in [1.165, 1.54) is 17.7 Å². The highest BCUT2D eigenvalue weighted by Crippen LogP contribution is 2.29. The van der Waals surface area contributed by atoms with Crippen LogP contribution >= 0.6 is 11.6 Å². The zero-order chi connectivity index (χ0) is 16.3. The smallest absolute Gasteiger partial charge is 0.126 e. The van der Waals surface area contributed by atoms with Gasteiger partial charge in [-0.1, -0.05) is 41.9 Å². The van der Waals surface area contributed by atoms with Crippen LogP contribution in [0.1, 0.15) is 24.0 Å². The third-order valence-corrected chi connectivity index (χ3v) is 4.80. The van der Waals surface area contributed by atoms with Gasteiger partial charge in [-0.3, -0.25) is 4.90 Å². The van der Waals surface area contributed by atoms with E-state index in [0.717, 1.165) is 19.6 Å². The van der Waals surface area contributed by atoms with Crippen LogP contribution in [0.3, 0.4) is 0 Å². The minimum atomic E-state index is -0.849. The molecular formula is C19H21ClFNO. The average molecular weight is 334 g/mol. The molecule has 0 bridgehead atoms. The Morgan fingerprint density at radius 2 is 1.78 bits per heavy atom. The molecule has 2 nitrogen and oxygen atoms in total. The number of halogens is 2. The summed E-state index contributed by atoms with van der Waals surface area (Å²) in [5, 5.41) is 11.3. The van der Waals surface area contributed by atoms with Crippen molar-refractivity contribution in [2.24, 2.45) is 0 Å². The van der Waals surface area contributed by atoms with E-state index < -0.39 is 5.60 Å². The first-order valence-electron chi connectivity index (χ1n) is 7.97. The van der Waals surface area contributed by atoms with Crippen molar-refractivity contribution in [3.8, 4) is 0 Å². The predicted octanol–water partition coefficient (Wildman–Crippen LogP) is 4.05. The second-order valence-corrected chi connectivity index (χ2v) is 6.84. The third kappa shape index (κ3) is 4.31. The van der Waals surface area contributed by atoms with Crippen LogP contribution in [0.2, 0.25) is 5.02 Å². The van der Waals surface area contributed by atoms with Crippen LogP contribution in [0, 0.1) is 5.82 Å². The fraction of sp³-hybridized carbons (Fsp3) is 0.368. The van der Waals surface area contributed by atoms with Gasteiger partial charge in [0.15, 0.2) is 0 Å². The van der Waals surface area contributed by atoms with Crippen LogP contribution in [-0.2, 0) is 13.0 Å². The van der Waals surface area contributed by atoms with Gasteiger partial charge in [-0.15, -0.1) is 0 Å². The molecule has 2 aromatic rings. The SMILES string of the molecule is OC1(Cc2cc(Cl)ccc2F)CCN(Cc2ccccc2)CC1. The average Bonchev–Trinajstić information content (AvgIpc) is 2.54. The van der Waals surface area contributed by atoms with Crippen molar-refractivity contribution in [1.82, 2.24) is 4.90 Å². The molecule has 1 fully saturated rings. The topological polar surface area (TPSA) is 23.5 Å². The van der Waals surface area contributed by atoms with Crippen LogP contribution in [0.4, 0.5) is 4.39 Å². The molecule has 0 saturated carbocycles. The summed E-state index contributed by atoms with van der Waals surface area (Å²) in [7, 11) is 0. The summed E-state index contributed by atoms with van der Waals surface area (Å²) < 4.78 is 13.9. The van der Waals surface area contributed by atoms with E-state index in [0.29, 0.717) is 29.8 Å². The summed E-state index contributed by atoms with van der Waals surface area (Å²) in [5.74, 6) is -0.297. The minimum absolute atomic E-state index is 0.297. The third-order valence-electron chi connectivity index (χ3n) is 4.56. The maximum Gasteiger partial charge on any atom is 0.126 e. The van der Waals surface area contributed by atoms with Crippen LogP contribution < -0.4 is 0 Å². The molecule has 0 spiro atoms. The van der Waals surface area contributed by atoms with E-state index in [1.807, 2.05) is 18.2 Å². The molecule has 1 aliphatic heterocycles. The molecule has 1 saturated heterocycles. The van der Waals surface area contributed by atoms with Gasteiger partial charge in [0.25, 0.3) is 0 Å². The zero-order valence-corrected chi connectivity index (χ0v) is 13.8. The molecule has 2 aromatic carbocycles. The zero-order valence-electron chi connectivity index (χ0n) is 13.0. The predicted molar refractivity (Wildman–Crippen MR) is 91.0 cm³/mol. The number of nitrogens with zero attached hydrogens (tertiary/aromatic N) is 1. The molecule has 0 aromatic heterocycles. The van der Waals surface area contributed by atoms with Crippen molar-refractivity contribution in [2.45, 2.75) is 31.4 Å². The Kier molecular flexibility index (Phi) is 5.00. The van der Waals surface area contributed by atoms with E-state index in [9.17, 15) is 9.50 Å². The number of likely N-dealkylation sites (tertiary alicyclic amines) is 1. The summed E-state index contributed by atoms with van der Waals surface area (Å²) >= 11 is 5.94. The van der Waals surface area contributed by atoms with Gasteiger partial charge in [-0.25, -0.2) is 4.39 Å². The summed E-state index contributed by atoms with van der Waals surface area (Å²) in [6.07, 6.45) is 1.61. The molecule has 0 radical (unpaired) electrons. The normalized spacial score (nSPS) is 18.0. The van der Waals surface area contributed by atoms with Crippen LogP contribution in [0.25, 0.3) is 0 Å².